The number of carbonyl (C=O) groups is 3. The molecule has 9 heteroatoms. The fraction of sp³-hybridized carbons (Fsp3) is 0.267. The SMILES string of the molecule is CCN(CC)c1ccc(-n2c(=O)n(CC)c3c(CC(=O)N(C)C(N)=O)ccc(C(=O)c4ccccc4)c32)cc1. The van der Waals surface area contributed by atoms with Crippen LogP contribution in [0.15, 0.2) is 71.5 Å². The summed E-state index contributed by atoms with van der Waals surface area (Å²) in [4.78, 5) is 55.1. The standard InChI is InChI=1S/C30H33N5O4/c1-5-33(6-2)22-14-16-23(17-15-22)35-27-24(28(37)20-11-9-8-10-12-20)18-13-21(19-25(36)32(4)29(31)38)26(27)34(7-3)30(35)39/h8-18H,5-7,19H2,1-4H3,(H2,31,38). The molecule has 3 amide bonds. The molecule has 1 heterocycles. The predicted molar refractivity (Wildman–Crippen MR) is 153 cm³/mol. The Bertz CT molecular complexity index is 1580. The van der Waals surface area contributed by atoms with Gasteiger partial charge in [0.25, 0.3) is 0 Å². The topological polar surface area (TPSA) is 111 Å². The summed E-state index contributed by atoms with van der Waals surface area (Å²) in [7, 11) is 1.31. The summed E-state index contributed by atoms with van der Waals surface area (Å²) in [6, 6.07) is 18.9. The average molecular weight is 528 g/mol. The van der Waals surface area contributed by atoms with E-state index in [1.807, 2.05) is 37.3 Å². The zero-order valence-electron chi connectivity index (χ0n) is 22.7. The molecule has 0 bridgehead atoms. The van der Waals surface area contributed by atoms with Crippen molar-refractivity contribution in [2.45, 2.75) is 33.7 Å². The Morgan fingerprint density at radius 1 is 0.846 bits per heavy atom. The van der Waals surface area contributed by atoms with Crippen molar-refractivity contribution < 1.29 is 14.4 Å². The Balaban J connectivity index is 2.00. The van der Waals surface area contributed by atoms with Gasteiger partial charge in [0.05, 0.1) is 23.1 Å². The quantitative estimate of drug-likeness (QED) is 0.331. The van der Waals surface area contributed by atoms with E-state index in [-0.39, 0.29) is 17.9 Å². The second kappa shape index (κ2) is 11.4. The number of amides is 3. The van der Waals surface area contributed by atoms with Crippen LogP contribution in [0.2, 0.25) is 0 Å². The fourth-order valence-corrected chi connectivity index (χ4v) is 4.87. The van der Waals surface area contributed by atoms with Crippen LogP contribution in [0, 0.1) is 0 Å². The molecule has 2 N–H and O–H groups in total. The van der Waals surface area contributed by atoms with Crippen molar-refractivity contribution in [2.24, 2.45) is 5.73 Å². The lowest BCUT2D eigenvalue weighted by atomic mass is 9.98. The number of primary amides is 1. The molecule has 4 aromatic rings. The van der Waals surface area contributed by atoms with Crippen LogP contribution in [0.1, 0.15) is 42.3 Å². The van der Waals surface area contributed by atoms with Crippen molar-refractivity contribution in [3.05, 3.63) is 93.9 Å². The van der Waals surface area contributed by atoms with Crippen LogP contribution in [0.25, 0.3) is 16.7 Å². The normalized spacial score (nSPS) is 11.0. The van der Waals surface area contributed by atoms with Crippen molar-refractivity contribution in [3.63, 3.8) is 0 Å². The molecule has 202 valence electrons. The molecule has 39 heavy (non-hydrogen) atoms. The zero-order valence-corrected chi connectivity index (χ0v) is 22.7. The summed E-state index contributed by atoms with van der Waals surface area (Å²) in [5.41, 5.74) is 8.84. The smallest absolute Gasteiger partial charge is 0.333 e. The molecule has 0 aliphatic carbocycles. The number of hydrogen-bond donors (Lipinski definition) is 1. The van der Waals surface area contributed by atoms with E-state index < -0.39 is 11.9 Å². The highest BCUT2D eigenvalue weighted by Crippen LogP contribution is 2.29. The highest BCUT2D eigenvalue weighted by Gasteiger charge is 2.25. The summed E-state index contributed by atoms with van der Waals surface area (Å²) >= 11 is 0. The Labute approximate surface area is 227 Å². The Morgan fingerprint density at radius 2 is 1.49 bits per heavy atom. The third-order valence-corrected chi connectivity index (χ3v) is 7.03. The number of hydrogen-bond acceptors (Lipinski definition) is 5. The van der Waals surface area contributed by atoms with Crippen LogP contribution < -0.4 is 16.3 Å². The Morgan fingerprint density at radius 3 is 2.05 bits per heavy atom. The number of aromatic nitrogens is 2. The van der Waals surface area contributed by atoms with Crippen molar-refractivity contribution >= 4 is 34.4 Å². The first-order valence-electron chi connectivity index (χ1n) is 13.0. The minimum absolute atomic E-state index is 0.167. The first kappa shape index (κ1) is 27.4. The van der Waals surface area contributed by atoms with Crippen LogP contribution in [0.5, 0.6) is 0 Å². The summed E-state index contributed by atoms with van der Waals surface area (Å²) in [5, 5.41) is 0. The van der Waals surface area contributed by atoms with Gasteiger partial charge in [-0.2, -0.15) is 0 Å². The number of ketones is 1. The van der Waals surface area contributed by atoms with E-state index >= 15 is 0 Å². The number of fused-ring (bicyclic) bond motifs is 1. The van der Waals surface area contributed by atoms with E-state index in [4.69, 9.17) is 5.73 Å². The highest BCUT2D eigenvalue weighted by molar-refractivity contribution is 6.16. The average Bonchev–Trinajstić information content (AvgIpc) is 3.25. The first-order chi connectivity index (χ1) is 18.7. The number of nitrogens with zero attached hydrogens (tertiary/aromatic N) is 4. The van der Waals surface area contributed by atoms with Gasteiger partial charge in [0.1, 0.15) is 0 Å². The molecule has 0 unspecified atom stereocenters. The van der Waals surface area contributed by atoms with Gasteiger partial charge in [-0.25, -0.2) is 9.59 Å². The van der Waals surface area contributed by atoms with E-state index in [9.17, 15) is 19.2 Å². The zero-order chi connectivity index (χ0) is 28.3. The molecule has 1 aromatic heterocycles. The molecular formula is C30H33N5O4. The number of urea groups is 1. The maximum atomic E-state index is 13.9. The second-order valence-corrected chi connectivity index (χ2v) is 9.18. The van der Waals surface area contributed by atoms with Crippen molar-refractivity contribution in [2.75, 3.05) is 25.0 Å². The van der Waals surface area contributed by atoms with Gasteiger partial charge in [-0.15, -0.1) is 0 Å². The fourth-order valence-electron chi connectivity index (χ4n) is 4.87. The van der Waals surface area contributed by atoms with Gasteiger partial charge < -0.3 is 10.6 Å². The van der Waals surface area contributed by atoms with Crippen LogP contribution >= 0.6 is 0 Å². The number of aryl methyl sites for hydroxylation is 1. The van der Waals surface area contributed by atoms with E-state index in [1.54, 1.807) is 41.0 Å². The van der Waals surface area contributed by atoms with Crippen molar-refractivity contribution in [3.8, 4) is 5.69 Å². The Kier molecular flexibility index (Phi) is 7.99. The predicted octanol–water partition coefficient (Wildman–Crippen LogP) is 3.97. The molecule has 0 spiro atoms. The van der Waals surface area contributed by atoms with E-state index in [2.05, 4.69) is 18.7 Å². The number of imidazole rings is 1. The summed E-state index contributed by atoms with van der Waals surface area (Å²) in [5.74, 6) is -0.758. The number of benzene rings is 3. The molecule has 0 aliphatic rings. The van der Waals surface area contributed by atoms with Gasteiger partial charge in [0, 0.05) is 43.5 Å². The molecule has 0 saturated carbocycles. The maximum Gasteiger partial charge on any atom is 0.333 e. The molecule has 0 aliphatic heterocycles. The molecule has 3 aromatic carbocycles. The van der Waals surface area contributed by atoms with Crippen LogP contribution in [0.3, 0.4) is 0 Å². The molecule has 0 atom stereocenters. The molecule has 9 nitrogen and oxygen atoms in total. The van der Waals surface area contributed by atoms with Crippen LogP contribution in [0.4, 0.5) is 10.5 Å². The molecule has 0 saturated heterocycles. The molecule has 0 radical (unpaired) electrons. The molecule has 4 rings (SSSR count). The maximum absolute atomic E-state index is 13.9. The van der Waals surface area contributed by atoms with Gasteiger partial charge in [0.15, 0.2) is 5.78 Å². The Hall–Kier alpha value is -4.66. The largest absolute Gasteiger partial charge is 0.372 e. The van der Waals surface area contributed by atoms with Gasteiger partial charge >= 0.3 is 11.7 Å². The number of nitrogens with two attached hydrogens (primary N) is 1. The lowest BCUT2D eigenvalue weighted by Gasteiger charge is -2.21. The van der Waals surface area contributed by atoms with Crippen molar-refractivity contribution in [1.29, 1.82) is 0 Å². The third kappa shape index (κ3) is 5.07. The summed E-state index contributed by atoms with van der Waals surface area (Å²) < 4.78 is 3.09. The summed E-state index contributed by atoms with van der Waals surface area (Å²) in [6.45, 7) is 8.00. The van der Waals surface area contributed by atoms with E-state index in [1.165, 1.54) is 11.6 Å². The van der Waals surface area contributed by atoms with E-state index in [0.29, 0.717) is 40.0 Å². The minimum Gasteiger partial charge on any atom is -0.372 e. The summed E-state index contributed by atoms with van der Waals surface area (Å²) in [6.07, 6.45) is -0.167. The van der Waals surface area contributed by atoms with E-state index in [0.717, 1.165) is 23.7 Å². The number of likely N-dealkylation sites (N-methyl/N-ethyl adjacent to an activating group) is 1. The van der Waals surface area contributed by atoms with Gasteiger partial charge in [0.2, 0.25) is 5.91 Å². The monoisotopic (exact) mass is 527 g/mol. The molecule has 0 fully saturated rings. The minimum atomic E-state index is -0.870. The molecular weight excluding hydrogens is 494 g/mol. The number of imide groups is 1. The van der Waals surface area contributed by atoms with Gasteiger partial charge in [-0.3, -0.25) is 23.6 Å². The first-order valence-corrected chi connectivity index (χ1v) is 13.0. The lowest BCUT2D eigenvalue weighted by molar-refractivity contribution is -0.126. The van der Waals surface area contributed by atoms with Crippen molar-refractivity contribution in [1.82, 2.24) is 14.0 Å². The van der Waals surface area contributed by atoms with Gasteiger partial charge in [-0.1, -0.05) is 36.4 Å². The number of carbonyl (C=O) groups excluding carboxylic acids is 3. The second-order valence-electron chi connectivity index (χ2n) is 9.18. The number of anilines is 1. The van der Waals surface area contributed by atoms with Crippen LogP contribution in [-0.2, 0) is 17.8 Å². The van der Waals surface area contributed by atoms with Gasteiger partial charge in [-0.05, 0) is 56.7 Å². The third-order valence-electron chi connectivity index (χ3n) is 7.03. The lowest BCUT2D eigenvalue weighted by Crippen LogP contribution is -2.38. The number of rotatable bonds is 9. The highest BCUT2D eigenvalue weighted by atomic mass is 16.2. The van der Waals surface area contributed by atoms with Crippen LogP contribution in [-0.4, -0.2) is 51.9 Å².